The quantitative estimate of drug-likeness (QED) is 0.825. The number of allylic oxidation sites excluding steroid dienone is 2. The second-order valence-corrected chi connectivity index (χ2v) is 5.81. The van der Waals surface area contributed by atoms with Crippen molar-refractivity contribution in [1.29, 1.82) is 0 Å². The fourth-order valence-electron chi connectivity index (χ4n) is 1.44. The molecule has 0 radical (unpaired) electrons. The minimum absolute atomic E-state index is 0.0597. The molecule has 1 rings (SSSR count). The first-order chi connectivity index (χ1) is 8.03. The normalized spacial score (nSPS) is 19.3. The zero-order chi connectivity index (χ0) is 13.3. The molecule has 100 valence electrons. The Hall–Kier alpha value is -0.610. The summed E-state index contributed by atoms with van der Waals surface area (Å²) in [5.41, 5.74) is 1.19. The molecule has 1 unspecified atom stereocenters. The molecule has 1 aliphatic rings. The predicted molar refractivity (Wildman–Crippen MR) is 74.5 cm³/mol. The molecule has 1 N–H and O–H groups in total. The molecule has 0 spiro atoms. The van der Waals surface area contributed by atoms with Gasteiger partial charge in [0.25, 0.3) is 0 Å². The summed E-state index contributed by atoms with van der Waals surface area (Å²) in [7, 11) is -3.09. The molecule has 1 atom stereocenters. The van der Waals surface area contributed by atoms with Crippen molar-refractivity contribution in [2.75, 3.05) is 5.75 Å². The zero-order valence-corrected chi connectivity index (χ0v) is 12.2. The molecule has 0 aromatic heterocycles. The molecular formula is C13H25NO2S. The van der Waals surface area contributed by atoms with Crippen LogP contribution in [-0.2, 0) is 10.0 Å². The third kappa shape index (κ3) is 7.34. The first kappa shape index (κ1) is 16.4. The summed E-state index contributed by atoms with van der Waals surface area (Å²) >= 11 is 0. The van der Waals surface area contributed by atoms with Crippen LogP contribution < -0.4 is 4.72 Å². The molecule has 0 fully saturated rings. The molecule has 1 aliphatic carbocycles. The molecule has 0 aromatic rings. The van der Waals surface area contributed by atoms with Gasteiger partial charge < -0.3 is 0 Å². The Labute approximate surface area is 106 Å². The Morgan fingerprint density at radius 2 is 2.06 bits per heavy atom. The third-order valence-electron chi connectivity index (χ3n) is 2.38. The lowest BCUT2D eigenvalue weighted by molar-refractivity contribution is 0.567. The van der Waals surface area contributed by atoms with E-state index < -0.39 is 10.0 Å². The average Bonchev–Trinajstić information content (AvgIpc) is 2.32. The van der Waals surface area contributed by atoms with E-state index in [9.17, 15) is 8.42 Å². The highest BCUT2D eigenvalue weighted by Gasteiger charge is 2.15. The van der Waals surface area contributed by atoms with Crippen LogP contribution in [0.25, 0.3) is 0 Å². The van der Waals surface area contributed by atoms with Gasteiger partial charge >= 0.3 is 0 Å². The van der Waals surface area contributed by atoms with Crippen LogP contribution in [-0.4, -0.2) is 20.2 Å². The van der Waals surface area contributed by atoms with Crippen LogP contribution in [0.1, 0.15) is 47.0 Å². The molecule has 17 heavy (non-hydrogen) atoms. The van der Waals surface area contributed by atoms with Gasteiger partial charge in [0.1, 0.15) is 0 Å². The van der Waals surface area contributed by atoms with E-state index in [4.69, 9.17) is 0 Å². The number of rotatable bonds is 5. The SMILES string of the molecule is CC.CCCCS(=O)(=O)NC1C=CC(C)=CC1. The summed E-state index contributed by atoms with van der Waals surface area (Å²) < 4.78 is 25.8. The number of nitrogens with one attached hydrogen (secondary N) is 1. The van der Waals surface area contributed by atoms with Gasteiger partial charge in [-0.1, -0.05) is 51.0 Å². The van der Waals surface area contributed by atoms with Gasteiger partial charge in [0.15, 0.2) is 0 Å². The van der Waals surface area contributed by atoms with Crippen molar-refractivity contribution in [3.05, 3.63) is 23.8 Å². The largest absolute Gasteiger partial charge is 0.212 e. The summed E-state index contributed by atoms with van der Waals surface area (Å²) in [5.74, 6) is 0.233. The van der Waals surface area contributed by atoms with E-state index in [0.717, 1.165) is 19.3 Å². The molecule has 0 bridgehead atoms. The second kappa shape index (κ2) is 8.48. The Kier molecular flexibility index (Phi) is 8.17. The predicted octanol–water partition coefficient (Wildman–Crippen LogP) is 3.01. The number of unbranched alkanes of at least 4 members (excludes halogenated alkanes) is 1. The lowest BCUT2D eigenvalue weighted by Crippen LogP contribution is -2.35. The molecule has 0 amide bonds. The number of hydrogen-bond donors (Lipinski definition) is 1. The minimum Gasteiger partial charge on any atom is -0.212 e. The van der Waals surface area contributed by atoms with Crippen LogP contribution >= 0.6 is 0 Å². The van der Waals surface area contributed by atoms with Gasteiger partial charge in [-0.2, -0.15) is 0 Å². The topological polar surface area (TPSA) is 46.2 Å². The number of sulfonamides is 1. The van der Waals surface area contributed by atoms with Crippen molar-refractivity contribution >= 4 is 10.0 Å². The average molecular weight is 259 g/mol. The van der Waals surface area contributed by atoms with Gasteiger partial charge in [-0.05, 0) is 19.8 Å². The first-order valence-electron chi connectivity index (χ1n) is 6.38. The molecule has 0 saturated heterocycles. The molecule has 3 nitrogen and oxygen atoms in total. The third-order valence-corrected chi connectivity index (χ3v) is 3.87. The Balaban J connectivity index is 0.00000121. The molecular weight excluding hydrogens is 234 g/mol. The summed E-state index contributed by atoms with van der Waals surface area (Å²) in [6.07, 6.45) is 8.30. The van der Waals surface area contributed by atoms with Crippen LogP contribution in [0.3, 0.4) is 0 Å². The van der Waals surface area contributed by atoms with E-state index in [1.165, 1.54) is 5.57 Å². The van der Waals surface area contributed by atoms with E-state index in [2.05, 4.69) is 4.72 Å². The molecule has 4 heteroatoms. The Morgan fingerprint density at radius 3 is 2.53 bits per heavy atom. The van der Waals surface area contributed by atoms with Crippen molar-refractivity contribution in [1.82, 2.24) is 4.72 Å². The Morgan fingerprint density at radius 1 is 1.41 bits per heavy atom. The summed E-state index contributed by atoms with van der Waals surface area (Å²) in [5, 5.41) is 0. The molecule has 0 aromatic carbocycles. The van der Waals surface area contributed by atoms with Crippen LogP contribution in [0.2, 0.25) is 0 Å². The van der Waals surface area contributed by atoms with Crippen molar-refractivity contribution in [3.63, 3.8) is 0 Å². The highest BCUT2D eigenvalue weighted by atomic mass is 32.2. The van der Waals surface area contributed by atoms with Crippen molar-refractivity contribution in [2.24, 2.45) is 0 Å². The maximum Gasteiger partial charge on any atom is 0.212 e. The molecule has 0 heterocycles. The zero-order valence-electron chi connectivity index (χ0n) is 11.4. The van der Waals surface area contributed by atoms with E-state index >= 15 is 0 Å². The van der Waals surface area contributed by atoms with Gasteiger partial charge in [0, 0.05) is 6.04 Å². The fourth-order valence-corrected chi connectivity index (χ4v) is 2.86. The van der Waals surface area contributed by atoms with Gasteiger partial charge in [0.2, 0.25) is 10.0 Å². The second-order valence-electron chi connectivity index (χ2n) is 3.94. The number of hydrogen-bond acceptors (Lipinski definition) is 2. The molecule has 0 saturated carbocycles. The van der Waals surface area contributed by atoms with E-state index in [1.54, 1.807) is 0 Å². The Bertz CT molecular complexity index is 356. The van der Waals surface area contributed by atoms with E-state index in [-0.39, 0.29) is 11.8 Å². The van der Waals surface area contributed by atoms with Gasteiger partial charge in [-0.15, -0.1) is 0 Å². The van der Waals surface area contributed by atoms with Gasteiger partial charge in [-0.25, -0.2) is 13.1 Å². The van der Waals surface area contributed by atoms with Crippen LogP contribution in [0.5, 0.6) is 0 Å². The van der Waals surface area contributed by atoms with Gasteiger partial charge in [-0.3, -0.25) is 0 Å². The highest BCUT2D eigenvalue weighted by Crippen LogP contribution is 2.10. The summed E-state index contributed by atoms with van der Waals surface area (Å²) in [6.45, 7) is 8.00. The van der Waals surface area contributed by atoms with Gasteiger partial charge in [0.05, 0.1) is 5.75 Å². The maximum absolute atomic E-state index is 11.6. The lowest BCUT2D eigenvalue weighted by atomic mass is 10.1. The summed E-state index contributed by atoms with van der Waals surface area (Å²) in [4.78, 5) is 0. The minimum atomic E-state index is -3.09. The fraction of sp³-hybridized carbons (Fsp3) is 0.692. The highest BCUT2D eigenvalue weighted by molar-refractivity contribution is 7.89. The van der Waals surface area contributed by atoms with Crippen LogP contribution in [0, 0.1) is 0 Å². The smallest absolute Gasteiger partial charge is 0.212 e. The van der Waals surface area contributed by atoms with Crippen LogP contribution in [0.15, 0.2) is 23.8 Å². The van der Waals surface area contributed by atoms with E-state index in [0.29, 0.717) is 0 Å². The van der Waals surface area contributed by atoms with E-state index in [1.807, 2.05) is 45.9 Å². The summed E-state index contributed by atoms with van der Waals surface area (Å²) in [6, 6.07) is -0.0597. The maximum atomic E-state index is 11.6. The van der Waals surface area contributed by atoms with Crippen molar-refractivity contribution in [2.45, 2.75) is 53.0 Å². The van der Waals surface area contributed by atoms with Crippen molar-refractivity contribution < 1.29 is 8.42 Å². The standard InChI is InChI=1S/C11H19NO2S.C2H6/c1-3-4-9-15(13,14)12-11-7-5-10(2)6-8-11;1-2/h5-7,11-12H,3-4,8-9H2,1-2H3;1-2H3. The monoisotopic (exact) mass is 259 g/mol. The van der Waals surface area contributed by atoms with Crippen molar-refractivity contribution in [3.8, 4) is 0 Å². The molecule has 0 aliphatic heterocycles. The van der Waals surface area contributed by atoms with Crippen LogP contribution in [0.4, 0.5) is 0 Å². The lowest BCUT2D eigenvalue weighted by Gasteiger charge is -2.16. The first-order valence-corrected chi connectivity index (χ1v) is 8.03.